The van der Waals surface area contributed by atoms with Crippen LogP contribution in [0.3, 0.4) is 0 Å². The van der Waals surface area contributed by atoms with Gasteiger partial charge in [0.25, 0.3) is 5.91 Å². The van der Waals surface area contributed by atoms with Crippen LogP contribution in [0.25, 0.3) is 11.3 Å². The van der Waals surface area contributed by atoms with Crippen molar-refractivity contribution in [1.29, 1.82) is 0 Å². The molecule has 6 nitrogen and oxygen atoms in total. The number of hydrogen-bond donors (Lipinski definition) is 1. The Balaban J connectivity index is 1.98. The molecule has 6 heteroatoms. The Bertz CT molecular complexity index is 857. The number of ether oxygens (including phenoxy) is 1. The SMILES string of the molecule is COC(=O)c1c(-c2ccccc2)noc1NC(=O)c1ccccc1. The molecule has 0 saturated carbocycles. The lowest BCUT2D eigenvalue weighted by Gasteiger charge is -2.04. The van der Waals surface area contributed by atoms with Crippen molar-refractivity contribution < 1.29 is 18.8 Å². The van der Waals surface area contributed by atoms with Crippen LogP contribution in [-0.4, -0.2) is 24.1 Å². The molecule has 120 valence electrons. The van der Waals surface area contributed by atoms with Crippen LogP contribution in [0.1, 0.15) is 20.7 Å². The van der Waals surface area contributed by atoms with Gasteiger partial charge in [-0.3, -0.25) is 10.1 Å². The zero-order valence-corrected chi connectivity index (χ0v) is 12.9. The van der Waals surface area contributed by atoms with Crippen molar-refractivity contribution in [3.63, 3.8) is 0 Å². The summed E-state index contributed by atoms with van der Waals surface area (Å²) in [7, 11) is 1.26. The number of nitrogens with zero attached hydrogens (tertiary/aromatic N) is 1. The van der Waals surface area contributed by atoms with E-state index in [-0.39, 0.29) is 11.4 Å². The van der Waals surface area contributed by atoms with E-state index in [2.05, 4.69) is 10.5 Å². The summed E-state index contributed by atoms with van der Waals surface area (Å²) in [5.41, 5.74) is 1.51. The van der Waals surface area contributed by atoms with Gasteiger partial charge in [0.15, 0.2) is 5.56 Å². The number of anilines is 1. The summed E-state index contributed by atoms with van der Waals surface area (Å²) in [6.07, 6.45) is 0. The molecule has 3 rings (SSSR count). The Hall–Kier alpha value is -3.41. The van der Waals surface area contributed by atoms with E-state index < -0.39 is 11.9 Å². The molecule has 1 aromatic heterocycles. The number of carbonyl (C=O) groups excluding carboxylic acids is 2. The topological polar surface area (TPSA) is 81.4 Å². The largest absolute Gasteiger partial charge is 0.465 e. The number of carbonyl (C=O) groups is 2. The maximum atomic E-state index is 12.3. The molecular weight excluding hydrogens is 308 g/mol. The highest BCUT2D eigenvalue weighted by Crippen LogP contribution is 2.29. The third-order valence-electron chi connectivity index (χ3n) is 3.39. The minimum absolute atomic E-state index is 0.0467. The minimum Gasteiger partial charge on any atom is -0.465 e. The second-order valence-electron chi connectivity index (χ2n) is 4.91. The van der Waals surface area contributed by atoms with Crippen molar-refractivity contribution >= 4 is 17.8 Å². The van der Waals surface area contributed by atoms with Gasteiger partial charge in [0, 0.05) is 11.1 Å². The molecule has 0 aliphatic carbocycles. The van der Waals surface area contributed by atoms with Gasteiger partial charge in [-0.05, 0) is 12.1 Å². The van der Waals surface area contributed by atoms with E-state index in [1.54, 1.807) is 42.5 Å². The summed E-state index contributed by atoms with van der Waals surface area (Å²) in [6.45, 7) is 0. The summed E-state index contributed by atoms with van der Waals surface area (Å²) in [4.78, 5) is 24.4. The molecule has 0 bridgehead atoms. The van der Waals surface area contributed by atoms with Crippen molar-refractivity contribution in [3.05, 3.63) is 71.8 Å². The molecule has 0 aliphatic rings. The maximum Gasteiger partial charge on any atom is 0.345 e. The molecule has 0 saturated heterocycles. The first-order valence-electron chi connectivity index (χ1n) is 7.20. The third-order valence-corrected chi connectivity index (χ3v) is 3.39. The van der Waals surface area contributed by atoms with Crippen LogP contribution < -0.4 is 5.32 Å². The standard InChI is InChI=1S/C18H14N2O4/c1-23-18(22)14-15(12-8-4-2-5-9-12)20-24-17(14)19-16(21)13-10-6-3-7-11-13/h2-11H,1H3,(H,19,21). The monoisotopic (exact) mass is 322 g/mol. The molecule has 0 unspecified atom stereocenters. The second kappa shape index (κ2) is 6.78. The quantitative estimate of drug-likeness (QED) is 0.745. The van der Waals surface area contributed by atoms with Crippen LogP contribution in [0.15, 0.2) is 65.2 Å². The van der Waals surface area contributed by atoms with E-state index in [0.29, 0.717) is 16.8 Å². The van der Waals surface area contributed by atoms with Gasteiger partial charge in [0.2, 0.25) is 5.88 Å². The molecular formula is C18H14N2O4. The Kier molecular flexibility index (Phi) is 4.38. The molecule has 0 atom stereocenters. The number of methoxy groups -OCH3 is 1. The van der Waals surface area contributed by atoms with Gasteiger partial charge in [-0.25, -0.2) is 4.79 Å². The van der Waals surface area contributed by atoms with E-state index in [9.17, 15) is 9.59 Å². The van der Waals surface area contributed by atoms with Crippen LogP contribution in [-0.2, 0) is 4.74 Å². The molecule has 0 fully saturated rings. The van der Waals surface area contributed by atoms with Gasteiger partial charge in [0.05, 0.1) is 7.11 Å². The number of esters is 1. The Labute approximate surface area is 138 Å². The highest BCUT2D eigenvalue weighted by molar-refractivity contribution is 6.08. The average Bonchev–Trinajstić information content (AvgIpc) is 3.06. The predicted molar refractivity (Wildman–Crippen MR) is 87.7 cm³/mol. The molecule has 2 aromatic carbocycles. The summed E-state index contributed by atoms with van der Waals surface area (Å²) >= 11 is 0. The van der Waals surface area contributed by atoms with Gasteiger partial charge in [-0.15, -0.1) is 0 Å². The first-order valence-corrected chi connectivity index (χ1v) is 7.20. The van der Waals surface area contributed by atoms with Crippen molar-refractivity contribution in [2.24, 2.45) is 0 Å². The Morgan fingerprint density at radius 2 is 1.62 bits per heavy atom. The first-order chi connectivity index (χ1) is 11.7. The normalized spacial score (nSPS) is 10.2. The first kappa shape index (κ1) is 15.5. The summed E-state index contributed by atoms with van der Waals surface area (Å²) in [5, 5.41) is 6.47. The predicted octanol–water partition coefficient (Wildman–Crippen LogP) is 3.38. The van der Waals surface area contributed by atoms with E-state index in [4.69, 9.17) is 9.26 Å². The lowest BCUT2D eigenvalue weighted by Crippen LogP contribution is -2.14. The van der Waals surface area contributed by atoms with Crippen molar-refractivity contribution in [2.45, 2.75) is 0 Å². The molecule has 3 aromatic rings. The average molecular weight is 322 g/mol. The minimum atomic E-state index is -0.640. The number of aromatic nitrogens is 1. The van der Waals surface area contributed by atoms with Crippen LogP contribution in [0.2, 0.25) is 0 Å². The molecule has 0 aliphatic heterocycles. The highest BCUT2D eigenvalue weighted by Gasteiger charge is 2.26. The molecule has 1 N–H and O–H groups in total. The number of hydrogen-bond acceptors (Lipinski definition) is 5. The Morgan fingerprint density at radius 1 is 1.00 bits per heavy atom. The fourth-order valence-electron chi connectivity index (χ4n) is 2.22. The van der Waals surface area contributed by atoms with Crippen LogP contribution >= 0.6 is 0 Å². The van der Waals surface area contributed by atoms with Crippen molar-refractivity contribution in [1.82, 2.24) is 5.16 Å². The summed E-state index contributed by atoms with van der Waals surface area (Å²) < 4.78 is 9.98. The smallest absolute Gasteiger partial charge is 0.345 e. The van der Waals surface area contributed by atoms with Gasteiger partial charge in [0.1, 0.15) is 5.69 Å². The number of nitrogens with one attached hydrogen (secondary N) is 1. The van der Waals surface area contributed by atoms with Crippen molar-refractivity contribution in [2.75, 3.05) is 12.4 Å². The van der Waals surface area contributed by atoms with Gasteiger partial charge >= 0.3 is 5.97 Å². The van der Waals surface area contributed by atoms with Crippen LogP contribution in [0.5, 0.6) is 0 Å². The third kappa shape index (κ3) is 3.03. The fourth-order valence-corrected chi connectivity index (χ4v) is 2.22. The van der Waals surface area contributed by atoms with E-state index in [1.165, 1.54) is 7.11 Å². The van der Waals surface area contributed by atoms with Crippen molar-refractivity contribution in [3.8, 4) is 11.3 Å². The zero-order chi connectivity index (χ0) is 16.9. The van der Waals surface area contributed by atoms with Crippen LogP contribution in [0.4, 0.5) is 5.88 Å². The lowest BCUT2D eigenvalue weighted by molar-refractivity contribution is 0.0602. The van der Waals surface area contributed by atoms with Gasteiger partial charge < -0.3 is 9.26 Å². The van der Waals surface area contributed by atoms with E-state index in [1.807, 2.05) is 18.2 Å². The number of amides is 1. The Morgan fingerprint density at radius 3 is 2.25 bits per heavy atom. The zero-order valence-electron chi connectivity index (χ0n) is 12.9. The van der Waals surface area contributed by atoms with Gasteiger partial charge in [-0.1, -0.05) is 53.7 Å². The molecule has 0 radical (unpaired) electrons. The van der Waals surface area contributed by atoms with E-state index >= 15 is 0 Å². The summed E-state index contributed by atoms with van der Waals surface area (Å²) in [6, 6.07) is 17.6. The second-order valence-corrected chi connectivity index (χ2v) is 4.91. The molecule has 1 heterocycles. The summed E-state index contributed by atoms with van der Waals surface area (Å²) in [5.74, 6) is -1.09. The lowest BCUT2D eigenvalue weighted by atomic mass is 10.1. The number of benzene rings is 2. The maximum absolute atomic E-state index is 12.3. The van der Waals surface area contributed by atoms with Gasteiger partial charge in [-0.2, -0.15) is 0 Å². The van der Waals surface area contributed by atoms with E-state index in [0.717, 1.165) is 0 Å². The fraction of sp³-hybridized carbons (Fsp3) is 0.0556. The molecule has 24 heavy (non-hydrogen) atoms. The molecule has 0 spiro atoms. The highest BCUT2D eigenvalue weighted by atomic mass is 16.5. The van der Waals surface area contributed by atoms with Crippen LogP contribution in [0, 0.1) is 0 Å². The molecule has 1 amide bonds. The number of rotatable bonds is 4.